The number of aliphatic imine (C=N–C) groups is 1. The molecule has 0 radical (unpaired) electrons. The number of piperidine rings is 1. The summed E-state index contributed by atoms with van der Waals surface area (Å²) >= 11 is 0. The van der Waals surface area contributed by atoms with Crippen LogP contribution >= 0.6 is 0 Å². The van der Waals surface area contributed by atoms with Gasteiger partial charge in [0.1, 0.15) is 17.6 Å². The lowest BCUT2D eigenvalue weighted by Crippen LogP contribution is -2.50. The zero-order valence-corrected chi connectivity index (χ0v) is 19.5. The van der Waals surface area contributed by atoms with Crippen molar-refractivity contribution in [1.29, 1.82) is 0 Å². The van der Waals surface area contributed by atoms with Gasteiger partial charge in [-0.15, -0.1) is 0 Å². The molecule has 1 unspecified atom stereocenters. The summed E-state index contributed by atoms with van der Waals surface area (Å²) in [5, 5.41) is 6.91. The van der Waals surface area contributed by atoms with Gasteiger partial charge < -0.3 is 25.0 Å². The second-order valence-corrected chi connectivity index (χ2v) is 8.58. The molecule has 0 aromatic heterocycles. The second-order valence-electron chi connectivity index (χ2n) is 8.58. The fraction of sp³-hybridized carbons (Fsp3) is 0.652. The average molecular weight is 432 g/mol. The summed E-state index contributed by atoms with van der Waals surface area (Å²) in [6, 6.07) is 4.48. The SMILES string of the molecule is CCNC(=NCc1cc2c(cc1OC)CC(C)O2)NC1CCN(CC(=O)N(C)C)CC1. The zero-order valence-electron chi connectivity index (χ0n) is 19.5. The fourth-order valence-electron chi connectivity index (χ4n) is 4.04. The number of ether oxygens (including phenoxy) is 2. The molecular formula is C23H37N5O3. The van der Waals surface area contributed by atoms with Crippen molar-refractivity contribution in [1.82, 2.24) is 20.4 Å². The van der Waals surface area contributed by atoms with Crippen molar-refractivity contribution >= 4 is 11.9 Å². The number of rotatable bonds is 7. The molecule has 1 aromatic carbocycles. The Morgan fingerprint density at radius 3 is 2.71 bits per heavy atom. The third-order valence-electron chi connectivity index (χ3n) is 5.84. The van der Waals surface area contributed by atoms with E-state index in [1.165, 1.54) is 5.56 Å². The molecule has 1 saturated heterocycles. The normalized spacial score (nSPS) is 19.5. The standard InChI is InChI=1S/C23H37N5O3/c1-6-24-23(26-19-7-9-28(10-8-19)15-22(29)27(3)4)25-14-18-13-21-17(11-16(2)31-21)12-20(18)30-5/h12-13,16,19H,6-11,14-15H2,1-5H3,(H2,24,25,26). The van der Waals surface area contributed by atoms with Gasteiger partial charge in [0.2, 0.25) is 5.91 Å². The highest BCUT2D eigenvalue weighted by Crippen LogP contribution is 2.35. The molecule has 31 heavy (non-hydrogen) atoms. The van der Waals surface area contributed by atoms with Crippen LogP contribution in [0.3, 0.4) is 0 Å². The maximum absolute atomic E-state index is 11.9. The van der Waals surface area contributed by atoms with Crippen LogP contribution in [0.5, 0.6) is 11.5 Å². The number of benzene rings is 1. The summed E-state index contributed by atoms with van der Waals surface area (Å²) in [6.45, 7) is 7.77. The molecule has 0 spiro atoms. The molecule has 1 fully saturated rings. The number of guanidine groups is 1. The first kappa shape index (κ1) is 23.2. The van der Waals surface area contributed by atoms with Crippen molar-refractivity contribution in [3.63, 3.8) is 0 Å². The summed E-state index contributed by atoms with van der Waals surface area (Å²) in [6.07, 6.45) is 3.09. The van der Waals surface area contributed by atoms with E-state index in [1.54, 1.807) is 26.1 Å². The largest absolute Gasteiger partial charge is 0.496 e. The molecule has 8 heteroatoms. The van der Waals surface area contributed by atoms with E-state index in [9.17, 15) is 4.79 Å². The first-order valence-corrected chi connectivity index (χ1v) is 11.2. The second kappa shape index (κ2) is 10.7. The Morgan fingerprint density at radius 2 is 2.06 bits per heavy atom. The van der Waals surface area contributed by atoms with E-state index < -0.39 is 0 Å². The van der Waals surface area contributed by atoms with Crippen LogP contribution in [0.2, 0.25) is 0 Å². The molecule has 2 heterocycles. The monoisotopic (exact) mass is 431 g/mol. The number of hydrogen-bond donors (Lipinski definition) is 2. The highest BCUT2D eigenvalue weighted by atomic mass is 16.5. The van der Waals surface area contributed by atoms with E-state index in [4.69, 9.17) is 14.5 Å². The summed E-state index contributed by atoms with van der Waals surface area (Å²) in [4.78, 5) is 20.6. The minimum atomic E-state index is 0.156. The average Bonchev–Trinajstić information content (AvgIpc) is 3.11. The molecular weight excluding hydrogens is 394 g/mol. The van der Waals surface area contributed by atoms with Crippen LogP contribution in [0.1, 0.15) is 37.8 Å². The molecule has 2 N–H and O–H groups in total. The molecule has 1 atom stereocenters. The van der Waals surface area contributed by atoms with Crippen LogP contribution in [0.25, 0.3) is 0 Å². The highest BCUT2D eigenvalue weighted by molar-refractivity contribution is 5.80. The number of nitrogens with one attached hydrogen (secondary N) is 2. The molecule has 172 valence electrons. The lowest BCUT2D eigenvalue weighted by atomic mass is 10.1. The van der Waals surface area contributed by atoms with Gasteiger partial charge in [-0.3, -0.25) is 9.69 Å². The molecule has 2 aliphatic rings. The van der Waals surface area contributed by atoms with E-state index in [0.717, 1.165) is 61.9 Å². The van der Waals surface area contributed by atoms with Crippen LogP contribution in [-0.2, 0) is 17.8 Å². The Hall–Kier alpha value is -2.48. The van der Waals surface area contributed by atoms with E-state index in [2.05, 4.69) is 41.5 Å². The lowest BCUT2D eigenvalue weighted by molar-refractivity contribution is -0.130. The first-order valence-electron chi connectivity index (χ1n) is 11.2. The smallest absolute Gasteiger partial charge is 0.236 e. The highest BCUT2D eigenvalue weighted by Gasteiger charge is 2.23. The van der Waals surface area contributed by atoms with Crippen molar-refractivity contribution in [3.05, 3.63) is 23.3 Å². The Labute approximate surface area is 186 Å². The van der Waals surface area contributed by atoms with Crippen LogP contribution in [0.4, 0.5) is 0 Å². The molecule has 1 aromatic rings. The topological polar surface area (TPSA) is 78.4 Å². The third-order valence-corrected chi connectivity index (χ3v) is 5.84. The summed E-state index contributed by atoms with van der Waals surface area (Å²) in [5.41, 5.74) is 2.21. The van der Waals surface area contributed by atoms with Gasteiger partial charge in [0.05, 0.1) is 20.2 Å². The predicted molar refractivity (Wildman–Crippen MR) is 123 cm³/mol. The minimum absolute atomic E-state index is 0.156. The lowest BCUT2D eigenvalue weighted by Gasteiger charge is -2.33. The molecule has 3 rings (SSSR count). The molecule has 0 saturated carbocycles. The van der Waals surface area contributed by atoms with Gasteiger partial charge in [-0.25, -0.2) is 4.99 Å². The fourth-order valence-corrected chi connectivity index (χ4v) is 4.04. The van der Waals surface area contributed by atoms with E-state index in [0.29, 0.717) is 19.1 Å². The molecule has 8 nitrogen and oxygen atoms in total. The predicted octanol–water partition coefficient (Wildman–Crippen LogP) is 1.63. The number of fused-ring (bicyclic) bond motifs is 1. The summed E-state index contributed by atoms with van der Waals surface area (Å²) in [5.74, 6) is 2.76. The Balaban J connectivity index is 1.59. The number of carbonyl (C=O) groups excluding carboxylic acids is 1. The van der Waals surface area contributed by atoms with Crippen molar-refractivity contribution in [3.8, 4) is 11.5 Å². The van der Waals surface area contributed by atoms with Crippen molar-refractivity contribution in [2.75, 3.05) is 47.4 Å². The Bertz CT molecular complexity index is 788. The van der Waals surface area contributed by atoms with Gasteiger partial charge in [0.15, 0.2) is 5.96 Å². The number of likely N-dealkylation sites (N-methyl/N-ethyl adjacent to an activating group) is 1. The number of nitrogens with zero attached hydrogens (tertiary/aromatic N) is 3. The van der Waals surface area contributed by atoms with Gasteiger partial charge in [-0.05, 0) is 38.8 Å². The van der Waals surface area contributed by atoms with Crippen LogP contribution in [0.15, 0.2) is 17.1 Å². The van der Waals surface area contributed by atoms with Gasteiger partial charge >= 0.3 is 0 Å². The number of methoxy groups -OCH3 is 1. The number of carbonyl (C=O) groups is 1. The number of likely N-dealkylation sites (tertiary alicyclic amines) is 1. The van der Waals surface area contributed by atoms with Gasteiger partial charge in [0, 0.05) is 57.3 Å². The van der Waals surface area contributed by atoms with Gasteiger partial charge in [-0.2, -0.15) is 0 Å². The molecule has 0 bridgehead atoms. The van der Waals surface area contributed by atoms with E-state index in [1.807, 2.05) is 0 Å². The first-order chi connectivity index (χ1) is 14.9. The quantitative estimate of drug-likeness (QED) is 0.505. The van der Waals surface area contributed by atoms with Crippen LogP contribution < -0.4 is 20.1 Å². The maximum Gasteiger partial charge on any atom is 0.236 e. The van der Waals surface area contributed by atoms with Crippen LogP contribution in [0, 0.1) is 0 Å². The molecule has 2 aliphatic heterocycles. The van der Waals surface area contributed by atoms with Crippen LogP contribution in [-0.4, -0.2) is 81.2 Å². The van der Waals surface area contributed by atoms with Gasteiger partial charge in [-0.1, -0.05) is 0 Å². The van der Waals surface area contributed by atoms with Gasteiger partial charge in [0.25, 0.3) is 0 Å². The summed E-state index contributed by atoms with van der Waals surface area (Å²) in [7, 11) is 5.31. The molecule has 1 amide bonds. The Kier molecular flexibility index (Phi) is 8.01. The third kappa shape index (κ3) is 6.26. The van der Waals surface area contributed by atoms with E-state index >= 15 is 0 Å². The maximum atomic E-state index is 11.9. The molecule has 0 aliphatic carbocycles. The minimum Gasteiger partial charge on any atom is -0.496 e. The Morgan fingerprint density at radius 1 is 1.32 bits per heavy atom. The summed E-state index contributed by atoms with van der Waals surface area (Å²) < 4.78 is 11.5. The zero-order chi connectivity index (χ0) is 22.4. The van der Waals surface area contributed by atoms with Crippen molar-refractivity contribution in [2.24, 2.45) is 4.99 Å². The van der Waals surface area contributed by atoms with E-state index in [-0.39, 0.29) is 12.0 Å². The number of amides is 1. The number of hydrogen-bond acceptors (Lipinski definition) is 5. The van der Waals surface area contributed by atoms with Crippen molar-refractivity contribution < 1.29 is 14.3 Å². The van der Waals surface area contributed by atoms with Crippen molar-refractivity contribution in [2.45, 2.75) is 51.8 Å².